The standard InChI is InChI=1S/C28H34N2O10/c1-19(2)25(31)37-16-14-35-12-10-29-27(33)39-22-8-9-23-21(18-22)6-5-7-24(23)40-28(34)30-11-13-36-15-17-38-26(32)20(3)4/h5-9,18H,1,3,10-17H2,2,4H3,(H,29,33)(H,30,34). The van der Waals surface area contributed by atoms with Gasteiger partial charge in [-0.25, -0.2) is 19.2 Å². The van der Waals surface area contributed by atoms with Crippen LogP contribution in [0.5, 0.6) is 11.5 Å². The van der Waals surface area contributed by atoms with E-state index in [9.17, 15) is 19.2 Å². The summed E-state index contributed by atoms with van der Waals surface area (Å²) in [5, 5.41) is 6.46. The molecule has 0 aliphatic carbocycles. The highest BCUT2D eigenvalue weighted by Gasteiger charge is 2.11. The van der Waals surface area contributed by atoms with E-state index in [-0.39, 0.29) is 52.7 Å². The van der Waals surface area contributed by atoms with E-state index in [0.717, 1.165) is 0 Å². The van der Waals surface area contributed by atoms with Gasteiger partial charge in [0.1, 0.15) is 24.7 Å². The predicted molar refractivity (Wildman–Crippen MR) is 145 cm³/mol. The van der Waals surface area contributed by atoms with Crippen molar-refractivity contribution in [3.05, 3.63) is 60.7 Å². The van der Waals surface area contributed by atoms with Gasteiger partial charge in [-0.3, -0.25) is 0 Å². The molecule has 2 aromatic carbocycles. The summed E-state index contributed by atoms with van der Waals surface area (Å²) < 4.78 is 31.1. The Kier molecular flexibility index (Phi) is 13.7. The number of esters is 2. The molecule has 0 radical (unpaired) electrons. The molecular weight excluding hydrogens is 524 g/mol. The zero-order chi connectivity index (χ0) is 29.3. The van der Waals surface area contributed by atoms with E-state index in [1.54, 1.807) is 50.2 Å². The number of nitrogens with one attached hydrogen (secondary N) is 2. The maximum absolute atomic E-state index is 12.2. The van der Waals surface area contributed by atoms with Crippen LogP contribution in [-0.2, 0) is 28.5 Å². The van der Waals surface area contributed by atoms with Crippen molar-refractivity contribution in [3.63, 3.8) is 0 Å². The summed E-state index contributed by atoms with van der Waals surface area (Å²) >= 11 is 0. The first kappa shape index (κ1) is 31.8. The molecular formula is C28H34N2O10. The minimum Gasteiger partial charge on any atom is -0.460 e. The molecule has 0 aliphatic heterocycles. The van der Waals surface area contributed by atoms with Crippen molar-refractivity contribution in [2.24, 2.45) is 0 Å². The summed E-state index contributed by atoms with van der Waals surface area (Å²) in [6.45, 7) is 11.4. The van der Waals surface area contributed by atoms with Crippen molar-refractivity contribution in [1.82, 2.24) is 10.6 Å². The first-order valence-corrected chi connectivity index (χ1v) is 12.4. The number of hydrogen-bond donors (Lipinski definition) is 2. The molecule has 216 valence electrons. The summed E-state index contributed by atoms with van der Waals surface area (Å²) in [6.07, 6.45) is -1.33. The van der Waals surface area contributed by atoms with Gasteiger partial charge in [-0.2, -0.15) is 0 Å². The van der Waals surface area contributed by atoms with E-state index in [0.29, 0.717) is 33.4 Å². The second-order valence-electron chi connectivity index (χ2n) is 8.33. The highest BCUT2D eigenvalue weighted by Crippen LogP contribution is 2.29. The van der Waals surface area contributed by atoms with Gasteiger partial charge in [0.25, 0.3) is 0 Å². The number of carbonyl (C=O) groups is 4. The number of ether oxygens (including phenoxy) is 6. The maximum Gasteiger partial charge on any atom is 0.412 e. The van der Waals surface area contributed by atoms with Crippen molar-refractivity contribution >= 4 is 34.9 Å². The van der Waals surface area contributed by atoms with Crippen LogP contribution in [0.25, 0.3) is 10.8 Å². The molecule has 0 heterocycles. The lowest BCUT2D eigenvalue weighted by molar-refractivity contribution is -0.141. The van der Waals surface area contributed by atoms with E-state index < -0.39 is 24.1 Å². The number of amides is 2. The monoisotopic (exact) mass is 558 g/mol. The first-order chi connectivity index (χ1) is 19.2. The second kappa shape index (κ2) is 17.2. The number of carbonyl (C=O) groups excluding carboxylic acids is 4. The lowest BCUT2D eigenvalue weighted by atomic mass is 10.1. The van der Waals surface area contributed by atoms with E-state index in [4.69, 9.17) is 28.4 Å². The minimum atomic E-state index is -0.667. The Hall–Kier alpha value is -4.42. The summed E-state index contributed by atoms with van der Waals surface area (Å²) in [6, 6.07) is 10.0. The Balaban J connectivity index is 1.70. The topological polar surface area (TPSA) is 148 Å². The molecule has 2 N–H and O–H groups in total. The number of fused-ring (bicyclic) bond motifs is 1. The fraction of sp³-hybridized carbons (Fsp3) is 0.357. The van der Waals surface area contributed by atoms with E-state index >= 15 is 0 Å². The minimum absolute atomic E-state index is 0.0876. The van der Waals surface area contributed by atoms with Gasteiger partial charge in [0.2, 0.25) is 0 Å². The molecule has 0 fully saturated rings. The van der Waals surface area contributed by atoms with Crippen LogP contribution in [0.15, 0.2) is 60.7 Å². The van der Waals surface area contributed by atoms with Crippen molar-refractivity contribution in [2.45, 2.75) is 13.8 Å². The van der Waals surface area contributed by atoms with E-state index in [1.807, 2.05) is 0 Å². The zero-order valence-electron chi connectivity index (χ0n) is 22.6. The third-order valence-corrected chi connectivity index (χ3v) is 4.88. The van der Waals surface area contributed by atoms with Gasteiger partial charge in [0, 0.05) is 29.6 Å². The van der Waals surface area contributed by atoms with Gasteiger partial charge >= 0.3 is 24.1 Å². The van der Waals surface area contributed by atoms with Crippen LogP contribution in [0, 0.1) is 0 Å². The summed E-state index contributed by atoms with van der Waals surface area (Å²) in [7, 11) is 0. The number of benzene rings is 2. The SMILES string of the molecule is C=C(C)C(=O)OCCOCCNC(=O)Oc1ccc2c(OC(=O)NCCOCCOC(=O)C(=C)C)cccc2c1. The third-order valence-electron chi connectivity index (χ3n) is 4.88. The normalized spacial score (nSPS) is 10.3. The molecule has 0 spiro atoms. The van der Waals surface area contributed by atoms with Crippen LogP contribution in [0.4, 0.5) is 9.59 Å². The molecule has 0 aromatic heterocycles. The van der Waals surface area contributed by atoms with E-state index in [2.05, 4.69) is 23.8 Å². The molecule has 2 amide bonds. The number of rotatable bonds is 16. The van der Waals surface area contributed by atoms with Gasteiger partial charge in [-0.05, 0) is 43.5 Å². The molecule has 0 unspecified atom stereocenters. The molecule has 0 saturated heterocycles. The van der Waals surface area contributed by atoms with Crippen LogP contribution in [0.3, 0.4) is 0 Å². The molecule has 0 atom stereocenters. The number of hydrogen-bond acceptors (Lipinski definition) is 10. The lowest BCUT2D eigenvalue weighted by Gasteiger charge is -2.11. The van der Waals surface area contributed by atoms with E-state index in [1.165, 1.54) is 0 Å². The predicted octanol–water partition coefficient (Wildman–Crippen LogP) is 3.29. The molecule has 0 bridgehead atoms. The molecule has 2 rings (SSSR count). The average Bonchev–Trinajstić information content (AvgIpc) is 2.91. The van der Waals surface area contributed by atoms with Crippen molar-refractivity contribution < 1.29 is 47.6 Å². The van der Waals surface area contributed by atoms with Crippen molar-refractivity contribution in [1.29, 1.82) is 0 Å². The molecule has 2 aromatic rings. The van der Waals surface area contributed by atoms with Crippen LogP contribution in [-0.4, -0.2) is 76.9 Å². The van der Waals surface area contributed by atoms with Crippen LogP contribution >= 0.6 is 0 Å². The average molecular weight is 559 g/mol. The third kappa shape index (κ3) is 12.0. The zero-order valence-corrected chi connectivity index (χ0v) is 22.6. The van der Waals surface area contributed by atoms with Crippen molar-refractivity contribution in [2.75, 3.05) is 52.7 Å². The Morgan fingerprint density at radius 1 is 0.700 bits per heavy atom. The highest BCUT2D eigenvalue weighted by atomic mass is 16.6. The maximum atomic E-state index is 12.2. The molecule has 12 nitrogen and oxygen atoms in total. The Labute approximate surface area is 232 Å². The van der Waals surface area contributed by atoms with Crippen molar-refractivity contribution in [3.8, 4) is 11.5 Å². The van der Waals surface area contributed by atoms with Gasteiger partial charge in [-0.15, -0.1) is 0 Å². The smallest absolute Gasteiger partial charge is 0.412 e. The molecule has 12 heteroatoms. The molecule has 40 heavy (non-hydrogen) atoms. The largest absolute Gasteiger partial charge is 0.460 e. The second-order valence-corrected chi connectivity index (χ2v) is 8.33. The quantitative estimate of drug-likeness (QED) is 0.179. The Morgan fingerprint density at radius 2 is 1.25 bits per heavy atom. The summed E-state index contributed by atoms with van der Waals surface area (Å²) in [5.74, 6) is -0.349. The Bertz CT molecular complexity index is 1210. The van der Waals surface area contributed by atoms with Crippen LogP contribution in [0.1, 0.15) is 13.8 Å². The van der Waals surface area contributed by atoms with Gasteiger partial charge < -0.3 is 39.1 Å². The lowest BCUT2D eigenvalue weighted by Crippen LogP contribution is -2.30. The van der Waals surface area contributed by atoms with Crippen LogP contribution < -0.4 is 20.1 Å². The van der Waals surface area contributed by atoms with Gasteiger partial charge in [-0.1, -0.05) is 25.3 Å². The molecule has 0 saturated carbocycles. The summed E-state index contributed by atoms with van der Waals surface area (Å²) in [5.41, 5.74) is 0.617. The van der Waals surface area contributed by atoms with Gasteiger partial charge in [0.05, 0.1) is 26.4 Å². The first-order valence-electron chi connectivity index (χ1n) is 12.4. The fourth-order valence-electron chi connectivity index (χ4n) is 2.95. The van der Waals surface area contributed by atoms with Crippen LogP contribution in [0.2, 0.25) is 0 Å². The van der Waals surface area contributed by atoms with Gasteiger partial charge in [0.15, 0.2) is 0 Å². The highest BCUT2D eigenvalue weighted by molar-refractivity contribution is 5.91. The summed E-state index contributed by atoms with van der Waals surface area (Å²) in [4.78, 5) is 46.8. The molecule has 0 aliphatic rings. The fourth-order valence-corrected chi connectivity index (χ4v) is 2.95. The Morgan fingerprint density at radius 3 is 1.80 bits per heavy atom.